The van der Waals surface area contributed by atoms with E-state index in [-0.39, 0.29) is 6.61 Å². The van der Waals surface area contributed by atoms with Crippen LogP contribution in [0.25, 0.3) is 11.2 Å². The number of terminal acetylenes is 1. The number of aliphatic hydroxyl groups is 1. The molecule has 0 spiro atoms. The number of aliphatic hydroxyl groups excluding tert-OH is 1. The number of methoxy groups -OCH3 is 1. The third-order valence-corrected chi connectivity index (χ3v) is 9.34. The Bertz CT molecular complexity index is 1880. The van der Waals surface area contributed by atoms with E-state index in [0.717, 1.165) is 22.4 Å². The molecule has 0 saturated carbocycles. The van der Waals surface area contributed by atoms with Crippen molar-refractivity contribution in [3.8, 4) is 18.1 Å². The van der Waals surface area contributed by atoms with Crippen LogP contribution in [0.2, 0.25) is 0 Å². The van der Waals surface area contributed by atoms with Crippen LogP contribution in [0.15, 0.2) is 97.6 Å². The van der Waals surface area contributed by atoms with Gasteiger partial charge in [-0.15, -0.1) is 6.42 Å². The molecule has 2 fully saturated rings. The van der Waals surface area contributed by atoms with Crippen LogP contribution in [0.5, 0.6) is 5.75 Å². The molecule has 240 valence electrons. The summed E-state index contributed by atoms with van der Waals surface area (Å²) in [4.78, 5) is 14.2. The summed E-state index contributed by atoms with van der Waals surface area (Å²) < 4.78 is 26.6. The zero-order valence-corrected chi connectivity index (χ0v) is 26.8. The van der Waals surface area contributed by atoms with Crippen molar-refractivity contribution in [1.29, 1.82) is 0 Å². The molecule has 3 aromatic carbocycles. The first kappa shape index (κ1) is 30.8. The van der Waals surface area contributed by atoms with Crippen LogP contribution < -0.4 is 10.1 Å². The minimum Gasteiger partial charge on any atom is -0.497 e. The summed E-state index contributed by atoms with van der Waals surface area (Å²) in [5.74, 6) is 3.08. The monoisotopic (exact) mass is 631 g/mol. The molecule has 4 atom stereocenters. The first-order valence-corrected chi connectivity index (χ1v) is 15.6. The summed E-state index contributed by atoms with van der Waals surface area (Å²) in [7, 11) is 1.65. The summed E-state index contributed by atoms with van der Waals surface area (Å²) in [6.45, 7) is 5.24. The summed E-state index contributed by atoms with van der Waals surface area (Å²) in [6, 6.07) is 28.4. The standard InChI is InChI=1S/C37H37N5O5/c1-6-35(22-43)32-36(7-2,47-34(3,4)45-32)33(46-35)42-24-40-29-30(38-23-39-31(29)42)41-37(25-14-10-8-11-15-25,26-16-12-9-13-17-26)27-18-20-28(44-5)21-19-27/h2,8-21,23-24,32-33,43H,6,22H2,1,3-5H3,(H,38,39,41)/t32-,33-,35-,36-/m1/s1. The summed E-state index contributed by atoms with van der Waals surface area (Å²) in [5, 5.41) is 14.4. The van der Waals surface area contributed by atoms with Gasteiger partial charge in [-0.1, -0.05) is 85.6 Å². The van der Waals surface area contributed by atoms with E-state index in [0.29, 0.717) is 23.4 Å². The van der Waals surface area contributed by atoms with E-state index >= 15 is 0 Å². The summed E-state index contributed by atoms with van der Waals surface area (Å²) >= 11 is 0. The molecule has 2 aromatic heterocycles. The van der Waals surface area contributed by atoms with Gasteiger partial charge >= 0.3 is 0 Å². The molecule has 2 aliphatic heterocycles. The van der Waals surface area contributed by atoms with E-state index in [4.69, 9.17) is 35.3 Å². The molecule has 0 bridgehead atoms. The molecule has 5 aromatic rings. The predicted molar refractivity (Wildman–Crippen MR) is 177 cm³/mol. The van der Waals surface area contributed by atoms with E-state index in [9.17, 15) is 5.11 Å². The molecule has 0 aliphatic carbocycles. The second-order valence-electron chi connectivity index (χ2n) is 12.4. The lowest BCUT2D eigenvalue weighted by Gasteiger charge is -2.37. The maximum atomic E-state index is 10.6. The van der Waals surface area contributed by atoms with Crippen LogP contribution in [0.3, 0.4) is 0 Å². The van der Waals surface area contributed by atoms with Crippen molar-refractivity contribution in [1.82, 2.24) is 19.5 Å². The molecule has 4 heterocycles. The Morgan fingerprint density at radius 2 is 1.57 bits per heavy atom. The second kappa shape index (κ2) is 11.5. The van der Waals surface area contributed by atoms with E-state index in [1.165, 1.54) is 6.33 Å². The molecular weight excluding hydrogens is 594 g/mol. The van der Waals surface area contributed by atoms with Gasteiger partial charge in [0.15, 0.2) is 29.0 Å². The fourth-order valence-corrected chi connectivity index (χ4v) is 7.07. The molecule has 47 heavy (non-hydrogen) atoms. The Hall–Kier alpha value is -4.79. The smallest absolute Gasteiger partial charge is 0.205 e. The minimum atomic E-state index is -1.35. The Morgan fingerprint density at radius 1 is 0.936 bits per heavy atom. The molecule has 2 saturated heterocycles. The topological polar surface area (TPSA) is 113 Å². The highest BCUT2D eigenvalue weighted by molar-refractivity contribution is 5.84. The normalized spacial score (nSPS) is 24.9. The van der Waals surface area contributed by atoms with E-state index < -0.39 is 34.9 Å². The predicted octanol–water partition coefficient (Wildman–Crippen LogP) is 5.43. The number of fused-ring (bicyclic) bond motifs is 2. The lowest BCUT2D eigenvalue weighted by atomic mass is 9.77. The number of nitrogens with one attached hydrogen (secondary N) is 1. The van der Waals surface area contributed by atoms with Gasteiger partial charge < -0.3 is 29.4 Å². The average molecular weight is 632 g/mol. The highest BCUT2D eigenvalue weighted by atomic mass is 16.8. The van der Waals surface area contributed by atoms with Crippen LogP contribution in [-0.4, -0.2) is 61.4 Å². The largest absolute Gasteiger partial charge is 0.497 e. The zero-order valence-electron chi connectivity index (χ0n) is 26.8. The number of ether oxygens (including phenoxy) is 4. The third-order valence-electron chi connectivity index (χ3n) is 9.34. The SMILES string of the molecule is C#C[C@@]12OC(C)(C)O[C@@H]1[C@@](CC)(CO)O[C@H]2n1cnc2c(NC(c3ccccc3)(c3ccccc3)c3ccc(OC)cc3)ncnc21. The Labute approximate surface area is 273 Å². The van der Waals surface area contributed by atoms with Crippen molar-refractivity contribution in [2.24, 2.45) is 0 Å². The first-order chi connectivity index (χ1) is 22.8. The fraction of sp³-hybridized carbons (Fsp3) is 0.324. The number of nitrogens with zero attached hydrogens (tertiary/aromatic N) is 4. The van der Waals surface area contributed by atoms with Crippen LogP contribution in [-0.2, 0) is 19.7 Å². The molecule has 2 aliphatic rings. The number of rotatable bonds is 9. The number of hydrogen-bond acceptors (Lipinski definition) is 9. The lowest BCUT2D eigenvalue weighted by Crippen LogP contribution is -2.50. The zero-order chi connectivity index (χ0) is 32.9. The van der Waals surface area contributed by atoms with Gasteiger partial charge in [0.25, 0.3) is 0 Å². The average Bonchev–Trinajstić information content (AvgIpc) is 3.75. The minimum absolute atomic E-state index is 0.305. The van der Waals surface area contributed by atoms with Crippen molar-refractivity contribution in [2.75, 3.05) is 19.0 Å². The Kier molecular flexibility index (Phi) is 7.53. The maximum Gasteiger partial charge on any atom is 0.205 e. The molecule has 7 rings (SSSR count). The molecular formula is C37H37N5O5. The van der Waals surface area contributed by atoms with Gasteiger partial charge in [-0.3, -0.25) is 4.57 Å². The molecule has 0 radical (unpaired) electrons. The first-order valence-electron chi connectivity index (χ1n) is 15.6. The van der Waals surface area contributed by atoms with Gasteiger partial charge in [-0.25, -0.2) is 15.0 Å². The molecule has 0 unspecified atom stereocenters. The van der Waals surface area contributed by atoms with E-state index in [1.54, 1.807) is 31.9 Å². The number of aromatic nitrogens is 4. The highest BCUT2D eigenvalue weighted by Gasteiger charge is 2.71. The van der Waals surface area contributed by atoms with Gasteiger partial charge in [-0.05, 0) is 49.1 Å². The second-order valence-corrected chi connectivity index (χ2v) is 12.4. The Balaban J connectivity index is 1.41. The van der Waals surface area contributed by atoms with Crippen LogP contribution >= 0.6 is 0 Å². The van der Waals surface area contributed by atoms with Gasteiger partial charge in [0, 0.05) is 0 Å². The van der Waals surface area contributed by atoms with Gasteiger partial charge in [0.05, 0.1) is 20.0 Å². The van der Waals surface area contributed by atoms with Crippen molar-refractivity contribution in [3.05, 3.63) is 114 Å². The summed E-state index contributed by atoms with van der Waals surface area (Å²) in [5.41, 5.74) is 0.578. The fourth-order valence-electron chi connectivity index (χ4n) is 7.07. The van der Waals surface area contributed by atoms with Crippen LogP contribution in [0.4, 0.5) is 5.82 Å². The molecule has 10 heteroatoms. The van der Waals surface area contributed by atoms with Gasteiger partial charge in [0.1, 0.15) is 29.3 Å². The number of hydrogen-bond donors (Lipinski definition) is 2. The lowest BCUT2D eigenvalue weighted by molar-refractivity contribution is -0.234. The number of imidazole rings is 1. The van der Waals surface area contributed by atoms with Gasteiger partial charge in [-0.2, -0.15) is 0 Å². The third kappa shape index (κ3) is 4.69. The van der Waals surface area contributed by atoms with Crippen molar-refractivity contribution in [2.45, 2.75) is 62.1 Å². The number of anilines is 1. The maximum absolute atomic E-state index is 10.6. The van der Waals surface area contributed by atoms with Crippen LogP contribution in [0, 0.1) is 12.3 Å². The van der Waals surface area contributed by atoms with E-state index in [1.807, 2.05) is 67.6 Å². The van der Waals surface area contributed by atoms with Crippen LogP contribution in [0.1, 0.15) is 50.1 Å². The molecule has 2 N–H and O–H groups in total. The number of benzene rings is 3. The quantitative estimate of drug-likeness (QED) is 0.162. The van der Waals surface area contributed by atoms with Crippen molar-refractivity contribution < 1.29 is 24.1 Å². The van der Waals surface area contributed by atoms with Crippen molar-refractivity contribution >= 4 is 17.0 Å². The summed E-state index contributed by atoms with van der Waals surface area (Å²) in [6.07, 6.45) is 8.16. The Morgan fingerprint density at radius 3 is 2.15 bits per heavy atom. The molecule has 10 nitrogen and oxygen atoms in total. The molecule has 0 amide bonds. The van der Waals surface area contributed by atoms with Gasteiger partial charge in [0.2, 0.25) is 5.60 Å². The highest BCUT2D eigenvalue weighted by Crippen LogP contribution is 2.56. The van der Waals surface area contributed by atoms with E-state index in [2.05, 4.69) is 40.5 Å². The van der Waals surface area contributed by atoms with Crippen molar-refractivity contribution in [3.63, 3.8) is 0 Å².